The number of aliphatic hydroxyl groups is 1. The first-order chi connectivity index (χ1) is 37.6. The highest BCUT2D eigenvalue weighted by Crippen LogP contribution is 2.11. The minimum Gasteiger partial charge on any atom is -0.462 e. The Morgan fingerprint density at radius 2 is 0.526 bits per heavy atom. The lowest BCUT2D eigenvalue weighted by atomic mass is 10.1. The molecule has 0 aromatic heterocycles. The number of aliphatic hydroxyl groups excluding tert-OH is 1. The molecule has 0 fully saturated rings. The normalized spacial score (nSPS) is 13.8. The van der Waals surface area contributed by atoms with Gasteiger partial charge in [0.05, 0.1) is 6.61 Å². The molecule has 0 aliphatic rings. The van der Waals surface area contributed by atoms with Crippen molar-refractivity contribution < 1.29 is 24.2 Å². The molecule has 76 heavy (non-hydrogen) atoms. The fourth-order valence-electron chi connectivity index (χ4n) is 7.21. The van der Waals surface area contributed by atoms with E-state index in [1.165, 1.54) is 0 Å². The minimum absolute atomic E-state index is 0.103. The third-order valence-corrected chi connectivity index (χ3v) is 11.6. The Morgan fingerprint density at radius 1 is 0.303 bits per heavy atom. The molecule has 0 spiro atoms. The summed E-state index contributed by atoms with van der Waals surface area (Å²) in [5.74, 6) is -0.661. The highest BCUT2D eigenvalue weighted by Gasteiger charge is 2.16. The van der Waals surface area contributed by atoms with Gasteiger partial charge in [-0.25, -0.2) is 0 Å². The van der Waals surface area contributed by atoms with E-state index >= 15 is 0 Å². The van der Waals surface area contributed by atoms with Gasteiger partial charge in [-0.3, -0.25) is 9.59 Å². The first kappa shape index (κ1) is 70.5. The molecule has 0 saturated heterocycles. The van der Waals surface area contributed by atoms with Crippen molar-refractivity contribution in [2.24, 2.45) is 0 Å². The van der Waals surface area contributed by atoms with Crippen LogP contribution in [0.2, 0.25) is 0 Å². The molecule has 0 aliphatic heterocycles. The van der Waals surface area contributed by atoms with E-state index in [2.05, 4.69) is 220 Å². The molecule has 5 heteroatoms. The summed E-state index contributed by atoms with van der Waals surface area (Å²) in [6.45, 7) is 3.85. The molecule has 0 aliphatic carbocycles. The maximum absolute atomic E-state index is 12.3. The average Bonchev–Trinajstić information content (AvgIpc) is 3.42. The number of unbranched alkanes of at least 4 members (excludes halogenated alkanes) is 9. The largest absolute Gasteiger partial charge is 0.462 e. The summed E-state index contributed by atoms with van der Waals surface area (Å²) < 4.78 is 10.7. The minimum atomic E-state index is -0.814. The van der Waals surface area contributed by atoms with Crippen LogP contribution in [0.15, 0.2) is 207 Å². The number of allylic oxidation sites excluding steroid dienone is 34. The van der Waals surface area contributed by atoms with E-state index in [0.717, 1.165) is 180 Å². The van der Waals surface area contributed by atoms with E-state index < -0.39 is 6.10 Å². The summed E-state index contributed by atoms with van der Waals surface area (Å²) in [7, 11) is 0. The van der Waals surface area contributed by atoms with E-state index in [-0.39, 0.29) is 25.2 Å². The number of carbonyl (C=O) groups excluding carboxylic acids is 2. The fourth-order valence-corrected chi connectivity index (χ4v) is 7.21. The molecular weight excluding hydrogens is 933 g/mol. The lowest BCUT2D eigenvalue weighted by molar-refractivity contribution is -0.161. The van der Waals surface area contributed by atoms with Crippen LogP contribution in [0.25, 0.3) is 0 Å². The second-order valence-corrected chi connectivity index (χ2v) is 18.6. The zero-order valence-corrected chi connectivity index (χ0v) is 47.9. The van der Waals surface area contributed by atoms with Crippen molar-refractivity contribution in [2.75, 3.05) is 13.2 Å². The molecule has 5 nitrogen and oxygen atoms in total. The first-order valence-electron chi connectivity index (χ1n) is 29.6. The summed E-state index contributed by atoms with van der Waals surface area (Å²) in [5.41, 5.74) is 0. The van der Waals surface area contributed by atoms with Gasteiger partial charge in [0.2, 0.25) is 0 Å². The highest BCUT2D eigenvalue weighted by molar-refractivity contribution is 5.70. The predicted molar refractivity (Wildman–Crippen MR) is 333 cm³/mol. The summed E-state index contributed by atoms with van der Waals surface area (Å²) in [4.78, 5) is 24.6. The van der Waals surface area contributed by atoms with Gasteiger partial charge < -0.3 is 14.6 Å². The van der Waals surface area contributed by atoms with Gasteiger partial charge >= 0.3 is 11.9 Å². The van der Waals surface area contributed by atoms with E-state index in [0.29, 0.717) is 12.8 Å². The monoisotopic (exact) mass is 1040 g/mol. The predicted octanol–water partition coefficient (Wildman–Crippen LogP) is 20.6. The molecule has 0 rings (SSSR count). The molecule has 1 unspecified atom stereocenters. The number of rotatable bonds is 51. The van der Waals surface area contributed by atoms with Crippen LogP contribution in [0.5, 0.6) is 0 Å². The molecule has 420 valence electrons. The molecule has 0 amide bonds. The van der Waals surface area contributed by atoms with E-state index in [1.54, 1.807) is 0 Å². The quantitative estimate of drug-likeness (QED) is 0.0373. The lowest BCUT2D eigenvalue weighted by Gasteiger charge is -2.15. The maximum atomic E-state index is 12.3. The van der Waals surface area contributed by atoms with E-state index in [1.807, 2.05) is 0 Å². The molecule has 0 aromatic carbocycles. The molecular formula is C71H106O5. The van der Waals surface area contributed by atoms with Crippen molar-refractivity contribution in [1.29, 1.82) is 0 Å². The Balaban J connectivity index is 3.71. The highest BCUT2D eigenvalue weighted by atomic mass is 16.6. The zero-order valence-electron chi connectivity index (χ0n) is 47.9. The van der Waals surface area contributed by atoms with Gasteiger partial charge in [-0.15, -0.1) is 0 Å². The Kier molecular flexibility index (Phi) is 59.1. The molecule has 1 N–H and O–H groups in total. The Bertz CT molecular complexity index is 1840. The number of carbonyl (C=O) groups is 2. The van der Waals surface area contributed by atoms with Gasteiger partial charge in [0, 0.05) is 12.8 Å². The second-order valence-electron chi connectivity index (χ2n) is 18.6. The Labute approximate surface area is 466 Å². The van der Waals surface area contributed by atoms with Crippen LogP contribution in [0.1, 0.15) is 206 Å². The van der Waals surface area contributed by atoms with Gasteiger partial charge in [0.1, 0.15) is 6.61 Å². The van der Waals surface area contributed by atoms with Crippen molar-refractivity contribution in [3.05, 3.63) is 207 Å². The lowest BCUT2D eigenvalue weighted by Crippen LogP contribution is -2.28. The van der Waals surface area contributed by atoms with Crippen LogP contribution < -0.4 is 0 Å². The number of ether oxygens (including phenoxy) is 2. The van der Waals surface area contributed by atoms with Crippen LogP contribution in [-0.4, -0.2) is 36.4 Å². The average molecular weight is 1040 g/mol. The van der Waals surface area contributed by atoms with Crippen molar-refractivity contribution in [2.45, 2.75) is 213 Å². The Hall–Kier alpha value is -5.52. The van der Waals surface area contributed by atoms with Crippen LogP contribution in [0, 0.1) is 0 Å². The van der Waals surface area contributed by atoms with Gasteiger partial charge in [-0.1, -0.05) is 253 Å². The summed E-state index contributed by atoms with van der Waals surface area (Å²) >= 11 is 0. The van der Waals surface area contributed by atoms with Crippen LogP contribution >= 0.6 is 0 Å². The van der Waals surface area contributed by atoms with Crippen LogP contribution in [0.4, 0.5) is 0 Å². The molecule has 0 aromatic rings. The molecule has 0 saturated carbocycles. The SMILES string of the molecule is CC/C=C\C/C=C\C/C=C\C/C=C\C/C=C\C/C=C\C/C=C\C/C=C\C/C=C\C/C=C\CCCCCCC(=O)OC(CO)COC(=O)CCCCCCC/C=C\C/C=C\C/C=C\C/C=C\C/C=C\C/C=C\C/C=C\CC. The molecule has 0 heterocycles. The van der Waals surface area contributed by atoms with Crippen molar-refractivity contribution in [3.63, 3.8) is 0 Å². The summed E-state index contributed by atoms with van der Waals surface area (Å²) in [6.07, 6.45) is 104. The van der Waals surface area contributed by atoms with Crippen molar-refractivity contribution in [1.82, 2.24) is 0 Å². The van der Waals surface area contributed by atoms with E-state index in [4.69, 9.17) is 9.47 Å². The van der Waals surface area contributed by atoms with Gasteiger partial charge in [-0.2, -0.15) is 0 Å². The van der Waals surface area contributed by atoms with Gasteiger partial charge in [0.15, 0.2) is 6.10 Å². The zero-order chi connectivity index (χ0) is 54.8. The number of hydrogen-bond donors (Lipinski definition) is 1. The number of hydrogen-bond acceptors (Lipinski definition) is 5. The maximum Gasteiger partial charge on any atom is 0.306 e. The van der Waals surface area contributed by atoms with Crippen molar-refractivity contribution >= 4 is 11.9 Å². The second kappa shape index (κ2) is 63.8. The van der Waals surface area contributed by atoms with Gasteiger partial charge in [-0.05, 0) is 148 Å². The van der Waals surface area contributed by atoms with E-state index in [9.17, 15) is 14.7 Å². The summed E-state index contributed by atoms with van der Waals surface area (Å²) in [5, 5.41) is 9.66. The fraction of sp³-hybridized carbons (Fsp3) is 0.493. The number of esters is 2. The smallest absolute Gasteiger partial charge is 0.306 e. The third-order valence-electron chi connectivity index (χ3n) is 11.6. The van der Waals surface area contributed by atoms with Crippen molar-refractivity contribution in [3.8, 4) is 0 Å². The molecule has 0 bridgehead atoms. The molecule has 1 atom stereocenters. The van der Waals surface area contributed by atoms with Crippen LogP contribution in [0.3, 0.4) is 0 Å². The van der Waals surface area contributed by atoms with Crippen LogP contribution in [-0.2, 0) is 19.1 Å². The standard InChI is InChI=1S/C71H106O5/c1-3-5-7-9-11-13-15-17-19-21-23-25-27-29-31-32-33-34-35-36-37-38-40-42-44-46-48-50-52-54-56-58-60-62-64-66-71(74)76-69(67-72)68-75-70(73)65-63-61-59-57-55-53-51-49-47-45-43-41-39-30-28-26-24-22-20-18-16-14-12-10-8-6-4-2/h5-8,11-14,17-20,23-26,29-31,33-34,36-37,39-40,42-43,45-46,48-49,51-52,54,69,72H,3-4,9-10,15-16,21-22,27-28,32,35,38,41,44,47,50,53,55-68H2,1-2H3/b7-5-,8-6-,13-11-,14-12-,19-17-,20-18-,25-23-,26-24-,31-29-,34-33-,37-36-,39-30-,42-40-,45-43-,48-46-,51-49-,54-52-. The third kappa shape index (κ3) is 61.0. The Morgan fingerprint density at radius 3 is 0.789 bits per heavy atom. The summed E-state index contributed by atoms with van der Waals surface area (Å²) in [6, 6.07) is 0. The van der Waals surface area contributed by atoms with Gasteiger partial charge in [0.25, 0.3) is 0 Å². The molecule has 0 radical (unpaired) electrons. The first-order valence-corrected chi connectivity index (χ1v) is 29.6. The topological polar surface area (TPSA) is 72.8 Å².